The fraction of sp³-hybridized carbons (Fsp3) is 0.682. The van der Waals surface area contributed by atoms with Crippen molar-refractivity contribution < 1.29 is 18.1 Å². The third-order valence-corrected chi connectivity index (χ3v) is 7.79. The van der Waals surface area contributed by atoms with E-state index in [-0.39, 0.29) is 23.0 Å². The average molecular weight is 497 g/mol. The van der Waals surface area contributed by atoms with Crippen molar-refractivity contribution in [2.45, 2.75) is 30.6 Å². The average Bonchev–Trinajstić information content (AvgIpc) is 3.08. The second kappa shape index (κ2) is 11.9. The first-order chi connectivity index (χ1) is 16.2. The smallest absolute Gasteiger partial charge is 0.293 e. The first kappa shape index (κ1) is 26.3. The first-order valence-electron chi connectivity index (χ1n) is 11.9. The highest BCUT2D eigenvalue weighted by molar-refractivity contribution is 7.89. The molecule has 0 spiro atoms. The summed E-state index contributed by atoms with van der Waals surface area (Å²) in [6, 6.07) is 4.05. The highest BCUT2D eigenvalue weighted by atomic mass is 32.2. The third-order valence-electron chi connectivity index (χ3n) is 6.34. The molecule has 1 aromatic rings. The Bertz CT molecular complexity index is 955. The van der Waals surface area contributed by atoms with Gasteiger partial charge in [0.2, 0.25) is 15.9 Å². The Morgan fingerprint density at radius 3 is 2.29 bits per heavy atom. The number of likely N-dealkylation sites (N-methyl/N-ethyl adjacent to an activating group) is 1. The lowest BCUT2D eigenvalue weighted by Crippen LogP contribution is -2.50. The summed E-state index contributed by atoms with van der Waals surface area (Å²) in [6.07, 6.45) is 4.46. The van der Waals surface area contributed by atoms with Gasteiger partial charge in [0, 0.05) is 58.4 Å². The Morgan fingerprint density at radius 1 is 1.06 bits per heavy atom. The van der Waals surface area contributed by atoms with Crippen LogP contribution in [-0.2, 0) is 14.8 Å². The minimum absolute atomic E-state index is 0.122. The van der Waals surface area contributed by atoms with Crippen LogP contribution in [-0.4, -0.2) is 107 Å². The standard InChI is InChI=1S/C22H36N6O5S/c1-24(2)12-9-23-34(32,33)19-7-8-20(21(17-19)28(30)31)26-15-13-25(14-16-26)18-22(29)27-10-5-3-4-6-11-27/h7-8,17,23H,3-6,9-16,18H2,1-2H3. The predicted octanol–water partition coefficient (Wildman–Crippen LogP) is 0.959. The van der Waals surface area contributed by atoms with Crippen LogP contribution in [0, 0.1) is 10.1 Å². The molecule has 2 saturated heterocycles. The highest BCUT2D eigenvalue weighted by Gasteiger charge is 2.28. The Hall–Kier alpha value is -2.28. The number of carbonyl (C=O) groups is 1. The number of piperazine rings is 1. The van der Waals surface area contributed by atoms with Crippen LogP contribution in [0.4, 0.5) is 11.4 Å². The maximum Gasteiger partial charge on any atom is 0.293 e. The van der Waals surface area contributed by atoms with Gasteiger partial charge < -0.3 is 14.7 Å². The van der Waals surface area contributed by atoms with Gasteiger partial charge in [0.15, 0.2) is 0 Å². The molecule has 0 unspecified atom stereocenters. The van der Waals surface area contributed by atoms with Crippen molar-refractivity contribution >= 4 is 27.3 Å². The van der Waals surface area contributed by atoms with Gasteiger partial charge in [0.25, 0.3) is 5.69 Å². The molecule has 0 atom stereocenters. The molecule has 2 heterocycles. The number of rotatable bonds is 9. The predicted molar refractivity (Wildman–Crippen MR) is 131 cm³/mol. The zero-order chi connectivity index (χ0) is 24.7. The Balaban J connectivity index is 1.62. The summed E-state index contributed by atoms with van der Waals surface area (Å²) >= 11 is 0. The molecule has 0 bridgehead atoms. The summed E-state index contributed by atoms with van der Waals surface area (Å²) < 4.78 is 27.6. The van der Waals surface area contributed by atoms with E-state index in [1.807, 2.05) is 28.8 Å². The van der Waals surface area contributed by atoms with Gasteiger partial charge in [0.1, 0.15) is 5.69 Å². The normalized spacial score (nSPS) is 18.2. The number of hydrogen-bond acceptors (Lipinski definition) is 8. The molecule has 190 valence electrons. The van der Waals surface area contributed by atoms with Crippen LogP contribution in [0.15, 0.2) is 23.1 Å². The first-order valence-corrected chi connectivity index (χ1v) is 13.3. The number of nitrogens with zero attached hydrogens (tertiary/aromatic N) is 5. The van der Waals surface area contributed by atoms with E-state index in [2.05, 4.69) is 9.62 Å². The molecule has 0 saturated carbocycles. The van der Waals surface area contributed by atoms with Crippen LogP contribution in [0.1, 0.15) is 25.7 Å². The Morgan fingerprint density at radius 2 is 1.71 bits per heavy atom. The number of amides is 1. The van der Waals surface area contributed by atoms with Crippen molar-refractivity contribution in [3.05, 3.63) is 28.3 Å². The highest BCUT2D eigenvalue weighted by Crippen LogP contribution is 2.31. The number of hydrogen-bond donors (Lipinski definition) is 1. The monoisotopic (exact) mass is 496 g/mol. The van der Waals surface area contributed by atoms with E-state index in [4.69, 9.17) is 0 Å². The van der Waals surface area contributed by atoms with Crippen molar-refractivity contribution in [2.24, 2.45) is 0 Å². The van der Waals surface area contributed by atoms with E-state index in [9.17, 15) is 23.3 Å². The molecule has 1 aromatic carbocycles. The number of nitrogens with one attached hydrogen (secondary N) is 1. The molecule has 0 aliphatic carbocycles. The van der Waals surface area contributed by atoms with Gasteiger partial charge in [-0.05, 0) is 39.1 Å². The molecule has 34 heavy (non-hydrogen) atoms. The van der Waals surface area contributed by atoms with Gasteiger partial charge in [-0.2, -0.15) is 0 Å². The molecule has 1 amide bonds. The van der Waals surface area contributed by atoms with Crippen LogP contribution in [0.25, 0.3) is 0 Å². The lowest BCUT2D eigenvalue weighted by atomic mass is 10.2. The minimum atomic E-state index is -3.85. The van der Waals surface area contributed by atoms with E-state index in [0.29, 0.717) is 45.0 Å². The lowest BCUT2D eigenvalue weighted by Gasteiger charge is -2.36. The van der Waals surface area contributed by atoms with Crippen LogP contribution in [0.3, 0.4) is 0 Å². The molecular weight excluding hydrogens is 460 g/mol. The van der Waals surface area contributed by atoms with E-state index >= 15 is 0 Å². The van der Waals surface area contributed by atoms with Crippen LogP contribution in [0.5, 0.6) is 0 Å². The number of anilines is 1. The zero-order valence-electron chi connectivity index (χ0n) is 20.1. The van der Waals surface area contributed by atoms with Crippen molar-refractivity contribution in [1.29, 1.82) is 0 Å². The van der Waals surface area contributed by atoms with Crippen molar-refractivity contribution in [2.75, 3.05) is 77.9 Å². The largest absolute Gasteiger partial charge is 0.363 e. The Labute approximate surface area is 201 Å². The number of nitro groups is 1. The number of nitro benzene ring substituents is 1. The van der Waals surface area contributed by atoms with E-state index in [1.165, 1.54) is 25.0 Å². The van der Waals surface area contributed by atoms with Gasteiger partial charge in [0.05, 0.1) is 16.4 Å². The SMILES string of the molecule is CN(C)CCNS(=O)(=O)c1ccc(N2CCN(CC(=O)N3CCCCCC3)CC2)c([N+](=O)[O-])c1. The summed E-state index contributed by atoms with van der Waals surface area (Å²) in [6.45, 7) is 5.03. The second-order valence-electron chi connectivity index (χ2n) is 9.17. The minimum Gasteiger partial charge on any atom is -0.363 e. The molecule has 12 heteroatoms. The molecule has 1 N–H and O–H groups in total. The van der Waals surface area contributed by atoms with Crippen molar-refractivity contribution in [3.63, 3.8) is 0 Å². The maximum absolute atomic E-state index is 12.7. The molecule has 11 nitrogen and oxygen atoms in total. The van der Waals surface area contributed by atoms with Gasteiger partial charge in [-0.1, -0.05) is 12.8 Å². The van der Waals surface area contributed by atoms with Gasteiger partial charge in [-0.3, -0.25) is 19.8 Å². The molecule has 2 aliphatic heterocycles. The van der Waals surface area contributed by atoms with E-state index in [1.54, 1.807) is 0 Å². The number of benzene rings is 1. The summed E-state index contributed by atoms with van der Waals surface area (Å²) in [5.74, 6) is 0.151. The molecule has 3 rings (SSSR count). The van der Waals surface area contributed by atoms with Crippen LogP contribution in [0.2, 0.25) is 0 Å². The van der Waals surface area contributed by atoms with Crippen LogP contribution < -0.4 is 9.62 Å². The summed E-state index contributed by atoms with van der Waals surface area (Å²) in [5, 5.41) is 11.8. The van der Waals surface area contributed by atoms with Crippen molar-refractivity contribution in [3.8, 4) is 0 Å². The molecule has 2 fully saturated rings. The van der Waals surface area contributed by atoms with E-state index in [0.717, 1.165) is 32.0 Å². The van der Waals surface area contributed by atoms with Gasteiger partial charge >= 0.3 is 0 Å². The topological polar surface area (TPSA) is 119 Å². The van der Waals surface area contributed by atoms with Gasteiger partial charge in [-0.15, -0.1) is 0 Å². The van der Waals surface area contributed by atoms with Gasteiger partial charge in [-0.25, -0.2) is 13.1 Å². The summed E-state index contributed by atoms with van der Waals surface area (Å²) in [7, 11) is -0.181. The lowest BCUT2D eigenvalue weighted by molar-refractivity contribution is -0.384. The van der Waals surface area contributed by atoms with E-state index < -0.39 is 14.9 Å². The number of sulfonamides is 1. The fourth-order valence-corrected chi connectivity index (χ4v) is 5.37. The fourth-order valence-electron chi connectivity index (χ4n) is 4.33. The molecule has 0 aromatic heterocycles. The second-order valence-corrected chi connectivity index (χ2v) is 10.9. The number of likely N-dealkylation sites (tertiary alicyclic amines) is 1. The Kier molecular flexibility index (Phi) is 9.23. The number of carbonyl (C=O) groups excluding carboxylic acids is 1. The molecule has 2 aliphatic rings. The molecule has 0 radical (unpaired) electrons. The molecular formula is C22H36N6O5S. The summed E-state index contributed by atoms with van der Waals surface area (Å²) in [4.78, 5) is 31.5. The zero-order valence-corrected chi connectivity index (χ0v) is 20.9. The quantitative estimate of drug-likeness (QED) is 0.397. The third kappa shape index (κ3) is 7.11. The maximum atomic E-state index is 12.7. The van der Waals surface area contributed by atoms with Crippen LogP contribution >= 0.6 is 0 Å². The summed E-state index contributed by atoms with van der Waals surface area (Å²) in [5.41, 5.74) is 0.167. The van der Waals surface area contributed by atoms with Crippen molar-refractivity contribution in [1.82, 2.24) is 19.4 Å².